The van der Waals surface area contributed by atoms with Crippen molar-refractivity contribution in [1.29, 1.82) is 0 Å². The fourth-order valence-corrected chi connectivity index (χ4v) is 2.95. The van der Waals surface area contributed by atoms with Gasteiger partial charge in [0.05, 0.1) is 21.6 Å². The van der Waals surface area contributed by atoms with Crippen LogP contribution in [0, 0.1) is 0 Å². The van der Waals surface area contributed by atoms with Crippen LogP contribution in [0.25, 0.3) is 0 Å². The Balaban J connectivity index is 2.24. The topological polar surface area (TPSA) is 66.5 Å². The van der Waals surface area contributed by atoms with E-state index in [-0.39, 0.29) is 5.91 Å². The largest absolute Gasteiger partial charge is 0.311 e. The molecule has 0 aliphatic carbocycles. The van der Waals surface area contributed by atoms with Crippen LogP contribution in [0.15, 0.2) is 18.2 Å². The molecule has 1 aliphatic rings. The van der Waals surface area contributed by atoms with Crippen molar-refractivity contribution in [2.75, 3.05) is 16.2 Å². The normalized spacial score (nSPS) is 16.0. The number of hydrogen-bond acceptors (Lipinski definition) is 3. The summed E-state index contributed by atoms with van der Waals surface area (Å²) in [6.45, 7) is 3.85. The summed E-state index contributed by atoms with van der Waals surface area (Å²) in [4.78, 5) is 13.3. The molecule has 2 rings (SSSR count). The predicted octanol–water partition coefficient (Wildman–Crippen LogP) is 2.62. The lowest BCUT2D eigenvalue weighted by molar-refractivity contribution is -0.117. The number of halogens is 1. The summed E-state index contributed by atoms with van der Waals surface area (Å²) in [5.74, 6) is 0.0439. The fraction of sp³-hybridized carbons (Fsp3) is 0.462. The van der Waals surface area contributed by atoms with Crippen molar-refractivity contribution >= 4 is 38.9 Å². The second kappa shape index (κ2) is 5.61. The number of sulfonamides is 1. The Morgan fingerprint density at radius 3 is 2.55 bits per heavy atom. The third-order valence-corrected chi connectivity index (χ3v) is 5.26. The maximum absolute atomic E-state index is 11.8. The van der Waals surface area contributed by atoms with Crippen LogP contribution in [0.1, 0.15) is 26.7 Å². The summed E-state index contributed by atoms with van der Waals surface area (Å²) in [5.41, 5.74) is 1.03. The third kappa shape index (κ3) is 3.07. The van der Waals surface area contributed by atoms with Crippen LogP contribution in [-0.2, 0) is 14.8 Å². The Kier molecular flexibility index (Phi) is 4.25. The molecule has 0 radical (unpaired) electrons. The summed E-state index contributed by atoms with van der Waals surface area (Å²) in [6, 6.07) is 4.82. The molecule has 1 heterocycles. The molecule has 1 aliphatic heterocycles. The SMILES string of the molecule is CC(C)S(=O)(=O)Nc1ccc(N2CCCC2=O)c(Cl)c1. The van der Waals surface area contributed by atoms with Gasteiger partial charge in [0.25, 0.3) is 0 Å². The first-order valence-electron chi connectivity index (χ1n) is 6.43. The molecule has 0 aromatic heterocycles. The van der Waals surface area contributed by atoms with Gasteiger partial charge < -0.3 is 4.90 Å². The number of nitrogens with zero attached hydrogens (tertiary/aromatic N) is 1. The lowest BCUT2D eigenvalue weighted by Crippen LogP contribution is -2.24. The van der Waals surface area contributed by atoms with Crippen LogP contribution in [0.5, 0.6) is 0 Å². The second-order valence-electron chi connectivity index (χ2n) is 5.01. The van der Waals surface area contributed by atoms with Gasteiger partial charge in [-0.1, -0.05) is 11.6 Å². The zero-order chi connectivity index (χ0) is 14.9. The molecule has 1 aromatic rings. The first-order valence-corrected chi connectivity index (χ1v) is 8.35. The first-order chi connectivity index (χ1) is 9.31. The van der Waals surface area contributed by atoms with Crippen molar-refractivity contribution in [3.63, 3.8) is 0 Å². The Hall–Kier alpha value is -1.27. The third-order valence-electron chi connectivity index (χ3n) is 3.19. The molecule has 0 saturated carbocycles. The summed E-state index contributed by atoms with van der Waals surface area (Å²) in [5, 5.41) is -0.162. The van der Waals surface area contributed by atoms with Crippen molar-refractivity contribution in [2.45, 2.75) is 31.9 Å². The summed E-state index contributed by atoms with van der Waals surface area (Å²) in [6.07, 6.45) is 1.34. The van der Waals surface area contributed by atoms with Crippen molar-refractivity contribution in [2.24, 2.45) is 0 Å². The minimum atomic E-state index is -3.40. The van der Waals surface area contributed by atoms with Crippen molar-refractivity contribution in [1.82, 2.24) is 0 Å². The number of hydrogen-bond donors (Lipinski definition) is 1. The maximum atomic E-state index is 11.8. The van der Waals surface area contributed by atoms with E-state index in [1.807, 2.05) is 0 Å². The summed E-state index contributed by atoms with van der Waals surface area (Å²) < 4.78 is 26.0. The van der Waals surface area contributed by atoms with Crippen molar-refractivity contribution in [3.8, 4) is 0 Å². The first kappa shape index (κ1) is 15.1. The van der Waals surface area contributed by atoms with Gasteiger partial charge in [0.15, 0.2) is 0 Å². The molecule has 0 spiro atoms. The van der Waals surface area contributed by atoms with E-state index in [1.54, 1.807) is 30.9 Å². The van der Waals surface area contributed by atoms with Gasteiger partial charge in [-0.05, 0) is 38.5 Å². The van der Waals surface area contributed by atoms with E-state index in [1.165, 1.54) is 6.07 Å². The van der Waals surface area contributed by atoms with E-state index in [0.717, 1.165) is 6.42 Å². The highest BCUT2D eigenvalue weighted by molar-refractivity contribution is 7.93. The van der Waals surface area contributed by atoms with Gasteiger partial charge in [0.1, 0.15) is 0 Å². The van der Waals surface area contributed by atoms with Crippen molar-refractivity contribution in [3.05, 3.63) is 23.2 Å². The van der Waals surface area contributed by atoms with Crippen LogP contribution >= 0.6 is 11.6 Å². The minimum absolute atomic E-state index is 0.0439. The van der Waals surface area contributed by atoms with E-state index in [9.17, 15) is 13.2 Å². The fourth-order valence-electron chi connectivity index (χ4n) is 1.97. The van der Waals surface area contributed by atoms with E-state index >= 15 is 0 Å². The number of amides is 1. The lowest BCUT2D eigenvalue weighted by atomic mass is 10.2. The Morgan fingerprint density at radius 1 is 1.35 bits per heavy atom. The van der Waals surface area contributed by atoms with Gasteiger partial charge >= 0.3 is 0 Å². The number of rotatable bonds is 4. The highest BCUT2D eigenvalue weighted by Crippen LogP contribution is 2.32. The molecule has 1 saturated heterocycles. The van der Waals surface area contributed by atoms with Crippen LogP contribution < -0.4 is 9.62 Å². The lowest BCUT2D eigenvalue weighted by Gasteiger charge is -2.18. The van der Waals surface area contributed by atoms with Crippen LogP contribution in [-0.4, -0.2) is 26.1 Å². The van der Waals surface area contributed by atoms with E-state index in [0.29, 0.717) is 29.4 Å². The molecular weight excluding hydrogens is 300 g/mol. The molecule has 5 nitrogen and oxygen atoms in total. The van der Waals surface area contributed by atoms with Gasteiger partial charge in [-0.3, -0.25) is 9.52 Å². The highest BCUT2D eigenvalue weighted by Gasteiger charge is 2.24. The molecule has 1 fully saturated rings. The average Bonchev–Trinajstić information content (AvgIpc) is 2.75. The van der Waals surface area contributed by atoms with E-state index in [4.69, 9.17) is 11.6 Å². The Morgan fingerprint density at radius 2 is 2.05 bits per heavy atom. The molecule has 20 heavy (non-hydrogen) atoms. The monoisotopic (exact) mass is 316 g/mol. The molecule has 1 N–H and O–H groups in total. The minimum Gasteiger partial charge on any atom is -0.311 e. The molecule has 1 aromatic carbocycles. The highest BCUT2D eigenvalue weighted by atomic mass is 35.5. The summed E-state index contributed by atoms with van der Waals surface area (Å²) >= 11 is 6.15. The Labute approximate surface area is 124 Å². The summed E-state index contributed by atoms with van der Waals surface area (Å²) in [7, 11) is -3.40. The maximum Gasteiger partial charge on any atom is 0.235 e. The molecule has 0 bridgehead atoms. The number of benzene rings is 1. The van der Waals surface area contributed by atoms with Gasteiger partial charge in [0.2, 0.25) is 15.9 Å². The number of anilines is 2. The predicted molar refractivity (Wildman–Crippen MR) is 80.7 cm³/mol. The molecule has 0 atom stereocenters. The number of carbonyl (C=O) groups is 1. The molecule has 110 valence electrons. The Bertz CT molecular complexity index is 629. The van der Waals surface area contributed by atoms with E-state index in [2.05, 4.69) is 4.72 Å². The molecule has 7 heteroatoms. The van der Waals surface area contributed by atoms with Crippen molar-refractivity contribution < 1.29 is 13.2 Å². The van der Waals surface area contributed by atoms with Crippen LogP contribution in [0.4, 0.5) is 11.4 Å². The molecule has 0 unspecified atom stereocenters. The zero-order valence-electron chi connectivity index (χ0n) is 11.4. The van der Waals surface area contributed by atoms with Gasteiger partial charge in [-0.15, -0.1) is 0 Å². The van der Waals surface area contributed by atoms with Gasteiger partial charge in [0, 0.05) is 13.0 Å². The van der Waals surface area contributed by atoms with Crippen LogP contribution in [0.2, 0.25) is 5.02 Å². The average molecular weight is 317 g/mol. The quantitative estimate of drug-likeness (QED) is 0.928. The van der Waals surface area contributed by atoms with Gasteiger partial charge in [-0.2, -0.15) is 0 Å². The number of carbonyl (C=O) groups excluding carboxylic acids is 1. The standard InChI is InChI=1S/C13H17ClN2O3S/c1-9(2)20(18,19)15-10-5-6-12(11(14)8-10)16-7-3-4-13(16)17/h5-6,8-9,15H,3-4,7H2,1-2H3. The zero-order valence-corrected chi connectivity index (χ0v) is 13.0. The van der Waals surface area contributed by atoms with E-state index < -0.39 is 15.3 Å². The number of nitrogens with one attached hydrogen (secondary N) is 1. The molecule has 1 amide bonds. The molecular formula is C13H17ClN2O3S. The smallest absolute Gasteiger partial charge is 0.235 e. The van der Waals surface area contributed by atoms with Crippen LogP contribution in [0.3, 0.4) is 0 Å². The van der Waals surface area contributed by atoms with Gasteiger partial charge in [-0.25, -0.2) is 8.42 Å². The second-order valence-corrected chi connectivity index (χ2v) is 7.66.